The zero-order valence-electron chi connectivity index (χ0n) is 12.4. The van der Waals surface area contributed by atoms with E-state index in [1.807, 2.05) is 20.8 Å². The maximum Gasteiger partial charge on any atom is 0.148 e. The highest BCUT2D eigenvalue weighted by molar-refractivity contribution is 5.57. The molecule has 1 aromatic carbocycles. The van der Waals surface area contributed by atoms with E-state index in [0.29, 0.717) is 29.6 Å². The minimum atomic E-state index is -0.238. The van der Waals surface area contributed by atoms with Gasteiger partial charge in [-0.05, 0) is 13.0 Å². The molecule has 0 aliphatic heterocycles. The van der Waals surface area contributed by atoms with E-state index in [1.54, 1.807) is 18.2 Å². The molecule has 0 saturated heterocycles. The number of anilines is 2. The van der Waals surface area contributed by atoms with E-state index in [2.05, 4.69) is 20.7 Å². The van der Waals surface area contributed by atoms with Crippen molar-refractivity contribution in [2.45, 2.75) is 33.2 Å². The van der Waals surface area contributed by atoms with Crippen LogP contribution in [0.15, 0.2) is 24.3 Å². The number of hydrazine groups is 1. The molecule has 1 aromatic heterocycles. The van der Waals surface area contributed by atoms with Crippen molar-refractivity contribution in [3.8, 4) is 0 Å². The van der Waals surface area contributed by atoms with E-state index in [4.69, 9.17) is 5.84 Å². The van der Waals surface area contributed by atoms with Crippen LogP contribution in [-0.2, 0) is 6.54 Å². The first-order valence-corrected chi connectivity index (χ1v) is 6.85. The Morgan fingerprint density at radius 3 is 2.48 bits per heavy atom. The van der Waals surface area contributed by atoms with Crippen LogP contribution in [0.4, 0.5) is 16.0 Å². The monoisotopic (exact) mass is 289 g/mol. The fourth-order valence-electron chi connectivity index (χ4n) is 1.93. The number of hydrogen-bond donors (Lipinski definition) is 3. The third kappa shape index (κ3) is 3.46. The van der Waals surface area contributed by atoms with Gasteiger partial charge >= 0.3 is 0 Å². The summed E-state index contributed by atoms with van der Waals surface area (Å²) < 4.78 is 13.6. The Bertz CT molecular complexity index is 627. The Kier molecular flexibility index (Phi) is 4.70. The van der Waals surface area contributed by atoms with Gasteiger partial charge < -0.3 is 10.7 Å². The summed E-state index contributed by atoms with van der Waals surface area (Å²) in [5, 5.41) is 3.15. The second-order valence-electron chi connectivity index (χ2n) is 5.15. The lowest BCUT2D eigenvalue weighted by Gasteiger charge is -2.15. The van der Waals surface area contributed by atoms with Crippen molar-refractivity contribution >= 4 is 11.6 Å². The molecule has 2 aromatic rings. The van der Waals surface area contributed by atoms with Gasteiger partial charge in [-0.1, -0.05) is 32.0 Å². The molecule has 5 nitrogen and oxygen atoms in total. The van der Waals surface area contributed by atoms with Crippen LogP contribution in [0.25, 0.3) is 0 Å². The first-order chi connectivity index (χ1) is 10.0. The van der Waals surface area contributed by atoms with Gasteiger partial charge in [0.25, 0.3) is 0 Å². The Labute approximate surface area is 123 Å². The molecule has 0 spiro atoms. The molecule has 0 aliphatic rings. The Balaban J connectivity index is 2.27. The van der Waals surface area contributed by atoms with Crippen LogP contribution in [0.2, 0.25) is 0 Å². The molecule has 0 saturated carbocycles. The van der Waals surface area contributed by atoms with Gasteiger partial charge in [0.2, 0.25) is 0 Å². The second-order valence-corrected chi connectivity index (χ2v) is 5.15. The fourth-order valence-corrected chi connectivity index (χ4v) is 1.93. The SMILES string of the molecule is Cc1c(NN)nc(C(C)C)nc1NCc1ccccc1F. The number of nitrogens with two attached hydrogens (primary N) is 1. The average molecular weight is 289 g/mol. The predicted octanol–water partition coefficient (Wildman–Crippen LogP) is 2.95. The molecule has 4 N–H and O–H groups in total. The maximum absolute atomic E-state index is 13.6. The minimum absolute atomic E-state index is 0.173. The summed E-state index contributed by atoms with van der Waals surface area (Å²) in [5.74, 6) is 7.34. The van der Waals surface area contributed by atoms with Crippen molar-refractivity contribution in [3.63, 3.8) is 0 Å². The molecule has 0 unspecified atom stereocenters. The maximum atomic E-state index is 13.6. The number of nitrogen functional groups attached to an aromatic ring is 1. The highest BCUT2D eigenvalue weighted by atomic mass is 19.1. The van der Waals surface area contributed by atoms with Crippen LogP contribution in [0.1, 0.15) is 36.7 Å². The van der Waals surface area contributed by atoms with E-state index in [0.717, 1.165) is 5.56 Å². The number of halogens is 1. The molecular formula is C15H20FN5. The van der Waals surface area contributed by atoms with E-state index in [-0.39, 0.29) is 11.7 Å². The molecule has 0 aliphatic carbocycles. The van der Waals surface area contributed by atoms with Gasteiger partial charge in [-0.25, -0.2) is 20.2 Å². The topological polar surface area (TPSA) is 75.9 Å². The van der Waals surface area contributed by atoms with Crippen LogP contribution in [0, 0.1) is 12.7 Å². The summed E-state index contributed by atoms with van der Waals surface area (Å²) in [4.78, 5) is 8.85. The van der Waals surface area contributed by atoms with E-state index in [9.17, 15) is 4.39 Å². The summed E-state index contributed by atoms with van der Waals surface area (Å²) >= 11 is 0. The molecule has 0 fully saturated rings. The molecule has 0 bridgehead atoms. The zero-order valence-corrected chi connectivity index (χ0v) is 12.4. The number of aromatic nitrogens is 2. The second kappa shape index (κ2) is 6.49. The van der Waals surface area contributed by atoms with Gasteiger partial charge in [-0.3, -0.25) is 0 Å². The van der Waals surface area contributed by atoms with Crippen molar-refractivity contribution in [1.29, 1.82) is 0 Å². The lowest BCUT2D eigenvalue weighted by molar-refractivity contribution is 0.612. The molecule has 21 heavy (non-hydrogen) atoms. The predicted molar refractivity (Wildman–Crippen MR) is 82.4 cm³/mol. The Hall–Kier alpha value is -2.21. The number of rotatable bonds is 5. The number of nitrogens with zero attached hydrogens (tertiary/aromatic N) is 2. The van der Waals surface area contributed by atoms with E-state index >= 15 is 0 Å². The molecular weight excluding hydrogens is 269 g/mol. The first kappa shape index (κ1) is 15.2. The van der Waals surface area contributed by atoms with Gasteiger partial charge in [0, 0.05) is 23.6 Å². The standard InChI is InChI=1S/C15H20FN5/c1-9(2)13-19-14(10(3)15(20-13)21-17)18-8-11-6-4-5-7-12(11)16/h4-7,9H,8,17H2,1-3H3,(H2,18,19,20,21). The summed E-state index contributed by atoms with van der Waals surface area (Å²) in [5.41, 5.74) is 3.97. The van der Waals surface area contributed by atoms with Crippen LogP contribution in [0.5, 0.6) is 0 Å². The minimum Gasteiger partial charge on any atom is -0.365 e. The number of hydrogen-bond acceptors (Lipinski definition) is 5. The third-order valence-corrected chi connectivity index (χ3v) is 3.22. The quantitative estimate of drug-likeness (QED) is 0.583. The lowest BCUT2D eigenvalue weighted by Crippen LogP contribution is -2.15. The Morgan fingerprint density at radius 2 is 1.86 bits per heavy atom. The van der Waals surface area contributed by atoms with Gasteiger partial charge in [0.1, 0.15) is 23.3 Å². The van der Waals surface area contributed by atoms with Gasteiger partial charge in [-0.15, -0.1) is 0 Å². The summed E-state index contributed by atoms with van der Waals surface area (Å²) in [6.07, 6.45) is 0. The van der Waals surface area contributed by atoms with Crippen LogP contribution in [-0.4, -0.2) is 9.97 Å². The van der Waals surface area contributed by atoms with Gasteiger partial charge in [0.15, 0.2) is 0 Å². The number of benzene rings is 1. The molecule has 1 heterocycles. The van der Waals surface area contributed by atoms with Crippen molar-refractivity contribution < 1.29 is 4.39 Å². The fraction of sp³-hybridized carbons (Fsp3) is 0.333. The highest BCUT2D eigenvalue weighted by Crippen LogP contribution is 2.23. The molecule has 0 atom stereocenters. The van der Waals surface area contributed by atoms with Crippen molar-refractivity contribution in [2.24, 2.45) is 5.84 Å². The molecule has 2 rings (SSSR count). The van der Waals surface area contributed by atoms with Crippen molar-refractivity contribution in [2.75, 3.05) is 10.7 Å². The van der Waals surface area contributed by atoms with Gasteiger partial charge in [0.05, 0.1) is 0 Å². The average Bonchev–Trinajstić information content (AvgIpc) is 2.47. The molecule has 0 amide bonds. The number of nitrogens with one attached hydrogen (secondary N) is 2. The summed E-state index contributed by atoms with van der Waals surface area (Å²) in [6.45, 7) is 6.23. The van der Waals surface area contributed by atoms with Crippen molar-refractivity contribution in [3.05, 3.63) is 47.0 Å². The molecule has 0 radical (unpaired) electrons. The van der Waals surface area contributed by atoms with Gasteiger partial charge in [-0.2, -0.15) is 0 Å². The third-order valence-electron chi connectivity index (χ3n) is 3.22. The molecule has 6 heteroatoms. The van der Waals surface area contributed by atoms with E-state index < -0.39 is 0 Å². The van der Waals surface area contributed by atoms with Crippen molar-refractivity contribution in [1.82, 2.24) is 9.97 Å². The van der Waals surface area contributed by atoms with Crippen LogP contribution in [0.3, 0.4) is 0 Å². The highest BCUT2D eigenvalue weighted by Gasteiger charge is 2.12. The molecule has 112 valence electrons. The summed E-state index contributed by atoms with van der Waals surface area (Å²) in [7, 11) is 0. The first-order valence-electron chi connectivity index (χ1n) is 6.85. The Morgan fingerprint density at radius 1 is 1.19 bits per heavy atom. The van der Waals surface area contributed by atoms with Crippen LogP contribution < -0.4 is 16.6 Å². The largest absolute Gasteiger partial charge is 0.365 e. The zero-order chi connectivity index (χ0) is 15.4. The lowest BCUT2D eigenvalue weighted by atomic mass is 10.2. The normalized spacial score (nSPS) is 10.8. The smallest absolute Gasteiger partial charge is 0.148 e. The van der Waals surface area contributed by atoms with Crippen LogP contribution >= 0.6 is 0 Å². The van der Waals surface area contributed by atoms with E-state index in [1.165, 1.54) is 6.07 Å². The summed E-state index contributed by atoms with van der Waals surface area (Å²) in [6, 6.07) is 6.65.